The molecule has 0 spiro atoms. The molecule has 0 aromatic carbocycles. The van der Waals surface area contributed by atoms with Crippen molar-refractivity contribution in [3.63, 3.8) is 0 Å². The summed E-state index contributed by atoms with van der Waals surface area (Å²) in [6.07, 6.45) is 2.45. The number of nitrogen functional groups attached to an aromatic ring is 1. The zero-order valence-corrected chi connectivity index (χ0v) is 10.8. The first-order valence-corrected chi connectivity index (χ1v) is 6.13. The van der Waals surface area contributed by atoms with Gasteiger partial charge in [-0.05, 0) is 19.1 Å². The molecule has 2 aromatic rings. The minimum atomic E-state index is 0.509. The Hall–Kier alpha value is -2.04. The van der Waals surface area contributed by atoms with Crippen molar-refractivity contribution in [2.24, 2.45) is 0 Å². The lowest BCUT2D eigenvalue weighted by Gasteiger charge is -2.21. The number of anilines is 2. The molecule has 0 atom stereocenters. The average molecular weight is 246 g/mol. The summed E-state index contributed by atoms with van der Waals surface area (Å²) in [6, 6.07) is 5.63. The number of furan rings is 1. The highest BCUT2D eigenvalue weighted by molar-refractivity contribution is 5.47. The fraction of sp³-hybridized carbons (Fsp3) is 0.385. The molecule has 2 heterocycles. The van der Waals surface area contributed by atoms with Crippen LogP contribution in [-0.2, 0) is 13.0 Å². The van der Waals surface area contributed by atoms with E-state index >= 15 is 0 Å². The van der Waals surface area contributed by atoms with E-state index in [1.165, 1.54) is 0 Å². The van der Waals surface area contributed by atoms with Gasteiger partial charge in [-0.15, -0.1) is 0 Å². The third kappa shape index (κ3) is 2.80. The van der Waals surface area contributed by atoms with Crippen LogP contribution in [-0.4, -0.2) is 16.5 Å². The van der Waals surface area contributed by atoms with Crippen LogP contribution >= 0.6 is 0 Å². The van der Waals surface area contributed by atoms with Gasteiger partial charge in [-0.2, -0.15) is 0 Å². The minimum Gasteiger partial charge on any atom is -0.467 e. The Bertz CT molecular complexity index is 496. The van der Waals surface area contributed by atoms with E-state index < -0.39 is 0 Å². The third-order valence-corrected chi connectivity index (χ3v) is 2.73. The van der Waals surface area contributed by atoms with Crippen molar-refractivity contribution >= 4 is 11.6 Å². The number of aromatic nitrogens is 2. The summed E-state index contributed by atoms with van der Waals surface area (Å²) in [5, 5.41) is 0. The predicted molar refractivity (Wildman–Crippen MR) is 71.3 cm³/mol. The molecular weight excluding hydrogens is 228 g/mol. The van der Waals surface area contributed by atoms with Gasteiger partial charge < -0.3 is 15.1 Å². The van der Waals surface area contributed by atoms with Gasteiger partial charge in [0.2, 0.25) is 0 Å². The minimum absolute atomic E-state index is 0.509. The molecule has 2 aromatic heterocycles. The quantitative estimate of drug-likeness (QED) is 0.876. The van der Waals surface area contributed by atoms with Crippen LogP contribution in [0, 0.1) is 0 Å². The van der Waals surface area contributed by atoms with Crippen LogP contribution in [0.1, 0.15) is 25.4 Å². The normalized spacial score (nSPS) is 10.6. The molecule has 0 fully saturated rings. The Morgan fingerprint density at radius 2 is 2.17 bits per heavy atom. The lowest BCUT2D eigenvalue weighted by Crippen LogP contribution is -2.23. The lowest BCUT2D eigenvalue weighted by atomic mass is 10.3. The van der Waals surface area contributed by atoms with E-state index in [9.17, 15) is 0 Å². The molecule has 5 heteroatoms. The second-order valence-electron chi connectivity index (χ2n) is 4.01. The van der Waals surface area contributed by atoms with E-state index in [-0.39, 0.29) is 0 Å². The third-order valence-electron chi connectivity index (χ3n) is 2.73. The van der Waals surface area contributed by atoms with Crippen molar-refractivity contribution in [3.8, 4) is 0 Å². The first-order chi connectivity index (χ1) is 8.72. The Labute approximate surface area is 107 Å². The summed E-state index contributed by atoms with van der Waals surface area (Å²) in [5.74, 6) is 3.03. The van der Waals surface area contributed by atoms with Crippen molar-refractivity contribution in [2.75, 3.05) is 17.2 Å². The lowest BCUT2D eigenvalue weighted by molar-refractivity contribution is 0.502. The molecule has 0 aliphatic rings. The molecule has 0 saturated heterocycles. The number of aryl methyl sites for hydroxylation is 1. The predicted octanol–water partition coefficient (Wildman–Crippen LogP) is 2.24. The summed E-state index contributed by atoms with van der Waals surface area (Å²) in [4.78, 5) is 10.8. The largest absolute Gasteiger partial charge is 0.467 e. The van der Waals surface area contributed by atoms with Crippen LogP contribution < -0.4 is 10.6 Å². The van der Waals surface area contributed by atoms with Gasteiger partial charge in [0.15, 0.2) is 0 Å². The highest BCUT2D eigenvalue weighted by Crippen LogP contribution is 2.17. The van der Waals surface area contributed by atoms with Gasteiger partial charge in [0.25, 0.3) is 0 Å². The number of nitrogens with zero attached hydrogens (tertiary/aromatic N) is 3. The van der Waals surface area contributed by atoms with Crippen LogP contribution in [0.5, 0.6) is 0 Å². The van der Waals surface area contributed by atoms with E-state index in [1.54, 1.807) is 12.3 Å². The standard InChI is InChI=1S/C13H18N4O/c1-3-12-15-11(14)8-13(16-12)17(4-2)9-10-6-5-7-18-10/h5-8H,3-4,9H2,1-2H3,(H2,14,15,16). The van der Waals surface area contributed by atoms with Gasteiger partial charge in [0.1, 0.15) is 23.2 Å². The van der Waals surface area contributed by atoms with Crippen LogP contribution in [0.4, 0.5) is 11.6 Å². The van der Waals surface area contributed by atoms with Gasteiger partial charge >= 0.3 is 0 Å². The molecule has 0 aliphatic heterocycles. The number of hydrogen-bond donors (Lipinski definition) is 1. The molecule has 5 nitrogen and oxygen atoms in total. The molecule has 0 radical (unpaired) electrons. The van der Waals surface area contributed by atoms with E-state index in [4.69, 9.17) is 10.2 Å². The Morgan fingerprint density at radius 3 is 2.78 bits per heavy atom. The fourth-order valence-electron chi connectivity index (χ4n) is 1.77. The Balaban J connectivity index is 2.24. The second kappa shape index (κ2) is 5.53. The monoisotopic (exact) mass is 246 g/mol. The Morgan fingerprint density at radius 1 is 1.33 bits per heavy atom. The first-order valence-electron chi connectivity index (χ1n) is 6.13. The van der Waals surface area contributed by atoms with Crippen molar-refractivity contribution in [2.45, 2.75) is 26.8 Å². The summed E-state index contributed by atoms with van der Waals surface area (Å²) < 4.78 is 5.36. The second-order valence-corrected chi connectivity index (χ2v) is 4.01. The van der Waals surface area contributed by atoms with Crippen molar-refractivity contribution in [1.82, 2.24) is 9.97 Å². The maximum atomic E-state index is 5.80. The highest BCUT2D eigenvalue weighted by atomic mass is 16.3. The summed E-state index contributed by atoms with van der Waals surface area (Å²) in [6.45, 7) is 5.61. The Kier molecular flexibility index (Phi) is 3.82. The molecule has 96 valence electrons. The van der Waals surface area contributed by atoms with E-state index in [0.717, 1.165) is 30.4 Å². The zero-order chi connectivity index (χ0) is 13.0. The molecule has 0 bridgehead atoms. The summed E-state index contributed by atoms with van der Waals surface area (Å²) >= 11 is 0. The van der Waals surface area contributed by atoms with Gasteiger partial charge in [-0.3, -0.25) is 0 Å². The van der Waals surface area contributed by atoms with E-state index in [1.807, 2.05) is 19.1 Å². The molecule has 2 N–H and O–H groups in total. The number of nitrogens with two attached hydrogens (primary N) is 1. The average Bonchev–Trinajstić information content (AvgIpc) is 2.88. The van der Waals surface area contributed by atoms with E-state index in [2.05, 4.69) is 21.8 Å². The van der Waals surface area contributed by atoms with Gasteiger partial charge in [0.05, 0.1) is 12.8 Å². The van der Waals surface area contributed by atoms with Crippen molar-refractivity contribution in [3.05, 3.63) is 36.0 Å². The number of rotatable bonds is 5. The van der Waals surface area contributed by atoms with Crippen LogP contribution in [0.25, 0.3) is 0 Å². The van der Waals surface area contributed by atoms with Crippen molar-refractivity contribution < 1.29 is 4.42 Å². The maximum absolute atomic E-state index is 5.80. The van der Waals surface area contributed by atoms with Crippen LogP contribution in [0.15, 0.2) is 28.9 Å². The molecule has 2 rings (SSSR count). The molecule has 0 unspecified atom stereocenters. The number of hydrogen-bond acceptors (Lipinski definition) is 5. The summed E-state index contributed by atoms with van der Waals surface area (Å²) in [7, 11) is 0. The molecule has 0 saturated carbocycles. The van der Waals surface area contributed by atoms with Crippen LogP contribution in [0.3, 0.4) is 0 Å². The van der Waals surface area contributed by atoms with Gasteiger partial charge in [-0.25, -0.2) is 9.97 Å². The van der Waals surface area contributed by atoms with E-state index in [0.29, 0.717) is 12.4 Å². The first kappa shape index (κ1) is 12.4. The smallest absolute Gasteiger partial charge is 0.134 e. The fourth-order valence-corrected chi connectivity index (χ4v) is 1.77. The molecule has 18 heavy (non-hydrogen) atoms. The van der Waals surface area contributed by atoms with Crippen LogP contribution in [0.2, 0.25) is 0 Å². The SMILES string of the molecule is CCc1nc(N)cc(N(CC)Cc2ccco2)n1. The van der Waals surface area contributed by atoms with Gasteiger partial charge in [0, 0.05) is 19.0 Å². The highest BCUT2D eigenvalue weighted by Gasteiger charge is 2.10. The van der Waals surface area contributed by atoms with Crippen molar-refractivity contribution in [1.29, 1.82) is 0 Å². The molecular formula is C13H18N4O. The molecule has 0 amide bonds. The molecule has 0 aliphatic carbocycles. The maximum Gasteiger partial charge on any atom is 0.134 e. The topological polar surface area (TPSA) is 68.2 Å². The van der Waals surface area contributed by atoms with Gasteiger partial charge in [-0.1, -0.05) is 6.92 Å². The summed E-state index contributed by atoms with van der Waals surface area (Å²) in [5.41, 5.74) is 5.80. The zero-order valence-electron chi connectivity index (χ0n) is 10.8.